The highest BCUT2D eigenvalue weighted by molar-refractivity contribution is 9.10. The van der Waals surface area contributed by atoms with Crippen molar-refractivity contribution in [3.63, 3.8) is 0 Å². The lowest BCUT2D eigenvalue weighted by Crippen LogP contribution is -2.13. The van der Waals surface area contributed by atoms with Crippen LogP contribution in [-0.4, -0.2) is 33.8 Å². The third-order valence-corrected chi connectivity index (χ3v) is 4.71. The van der Waals surface area contributed by atoms with Gasteiger partial charge in [0.05, 0.1) is 12.7 Å². The van der Waals surface area contributed by atoms with Gasteiger partial charge < -0.3 is 5.11 Å². The Balaban J connectivity index is 2.80. The number of sulfone groups is 1. The van der Waals surface area contributed by atoms with Crippen LogP contribution in [0.15, 0.2) is 21.5 Å². The average Bonchev–Trinajstić information content (AvgIpc) is 2.43. The zero-order valence-electron chi connectivity index (χ0n) is 8.89. The largest absolute Gasteiger partial charge is 0.385 e. The lowest BCUT2D eigenvalue weighted by Gasteiger charge is -2.11. The molecule has 1 aromatic rings. The van der Waals surface area contributed by atoms with Gasteiger partial charge in [0.15, 0.2) is 9.84 Å². The molecule has 7 heteroatoms. The highest BCUT2D eigenvalue weighted by Crippen LogP contribution is 2.46. The Labute approximate surface area is 108 Å². The fraction of sp³-hybridized carbons (Fsp3) is 0.400. The molecule has 1 N–H and O–H groups in total. The van der Waals surface area contributed by atoms with Crippen molar-refractivity contribution in [3.8, 4) is 0 Å². The van der Waals surface area contributed by atoms with Gasteiger partial charge in [0.2, 0.25) is 0 Å². The van der Waals surface area contributed by atoms with Gasteiger partial charge in [0.1, 0.15) is 12.3 Å². The van der Waals surface area contributed by atoms with Gasteiger partial charge >= 0.3 is 0 Å². The van der Waals surface area contributed by atoms with Crippen molar-refractivity contribution in [1.82, 2.24) is 0 Å². The molecule has 0 heterocycles. The number of hydrogen-bond donors (Lipinski definition) is 1. The SMILES string of the molecule is [B][C@H]1c2c(Br)ccc(S(C)(=O)=O)c2[C@H](O)[C@@H]1F. The zero-order chi connectivity index (χ0) is 13.0. The maximum Gasteiger partial charge on any atom is 0.175 e. The Morgan fingerprint density at radius 1 is 1.41 bits per heavy atom. The number of aliphatic hydroxyl groups is 1. The highest BCUT2D eigenvalue weighted by Gasteiger charge is 2.41. The van der Waals surface area contributed by atoms with Crippen LogP contribution in [0.25, 0.3) is 0 Å². The second-order valence-corrected chi connectivity index (χ2v) is 6.90. The van der Waals surface area contributed by atoms with Gasteiger partial charge in [-0.05, 0) is 23.5 Å². The summed E-state index contributed by atoms with van der Waals surface area (Å²) < 4.78 is 37.3. The quantitative estimate of drug-likeness (QED) is 0.797. The molecule has 1 aromatic carbocycles. The normalized spacial score (nSPS) is 28.1. The van der Waals surface area contributed by atoms with Gasteiger partial charge in [-0.15, -0.1) is 0 Å². The molecule has 1 aliphatic carbocycles. The fourth-order valence-corrected chi connectivity index (χ4v) is 3.63. The Hall–Kier alpha value is -0.395. The van der Waals surface area contributed by atoms with Crippen LogP contribution in [0.2, 0.25) is 0 Å². The third kappa shape index (κ3) is 1.94. The molecule has 3 atom stereocenters. The number of hydrogen-bond acceptors (Lipinski definition) is 3. The molecule has 1 aliphatic rings. The Morgan fingerprint density at radius 3 is 2.53 bits per heavy atom. The van der Waals surface area contributed by atoms with Crippen molar-refractivity contribution in [2.24, 2.45) is 0 Å². The van der Waals surface area contributed by atoms with Gasteiger partial charge in [0.25, 0.3) is 0 Å². The van der Waals surface area contributed by atoms with E-state index in [1.54, 1.807) is 0 Å². The van der Waals surface area contributed by atoms with E-state index in [-0.39, 0.29) is 10.5 Å². The molecular weight excluding hydrogens is 310 g/mol. The molecule has 0 unspecified atom stereocenters. The number of fused-ring (bicyclic) bond motifs is 1. The number of aliphatic hydroxyl groups excluding tert-OH is 1. The summed E-state index contributed by atoms with van der Waals surface area (Å²) in [5.74, 6) is -1.02. The first-order valence-electron chi connectivity index (χ1n) is 4.85. The van der Waals surface area contributed by atoms with E-state index in [1.165, 1.54) is 12.1 Å². The molecule has 0 aromatic heterocycles. The molecule has 0 saturated heterocycles. The predicted octanol–water partition coefficient (Wildman–Crippen LogP) is 1.45. The molecule has 2 rings (SSSR count). The number of benzene rings is 1. The van der Waals surface area contributed by atoms with Crippen LogP contribution in [0.4, 0.5) is 4.39 Å². The lowest BCUT2D eigenvalue weighted by atomic mass is 9.81. The van der Waals surface area contributed by atoms with E-state index in [0.717, 1.165) is 6.26 Å². The summed E-state index contributed by atoms with van der Waals surface area (Å²) >= 11 is 3.19. The van der Waals surface area contributed by atoms with Crippen molar-refractivity contribution < 1.29 is 17.9 Å². The molecule has 0 bridgehead atoms. The van der Waals surface area contributed by atoms with Crippen molar-refractivity contribution in [1.29, 1.82) is 0 Å². The first-order chi connectivity index (χ1) is 7.75. The predicted molar refractivity (Wildman–Crippen MR) is 65.6 cm³/mol. The van der Waals surface area contributed by atoms with Crippen molar-refractivity contribution >= 4 is 33.6 Å². The Kier molecular flexibility index (Phi) is 3.12. The van der Waals surface area contributed by atoms with E-state index >= 15 is 0 Å². The number of halogens is 2. The van der Waals surface area contributed by atoms with Gasteiger partial charge in [0, 0.05) is 16.3 Å². The molecule has 90 valence electrons. The van der Waals surface area contributed by atoms with E-state index in [0.29, 0.717) is 10.0 Å². The molecule has 17 heavy (non-hydrogen) atoms. The summed E-state index contributed by atoms with van der Waals surface area (Å²) in [5.41, 5.74) is 0.398. The average molecular weight is 319 g/mol. The second-order valence-electron chi connectivity index (χ2n) is 4.06. The molecule has 0 amide bonds. The van der Waals surface area contributed by atoms with Crippen molar-refractivity contribution in [2.75, 3.05) is 6.26 Å². The van der Waals surface area contributed by atoms with E-state index < -0.39 is 27.9 Å². The molecule has 0 aliphatic heterocycles. The van der Waals surface area contributed by atoms with Gasteiger partial charge in [-0.3, -0.25) is 0 Å². The smallest absolute Gasteiger partial charge is 0.175 e. The maximum atomic E-state index is 13.7. The third-order valence-electron chi connectivity index (χ3n) is 2.87. The van der Waals surface area contributed by atoms with E-state index in [2.05, 4.69) is 15.9 Å². The van der Waals surface area contributed by atoms with E-state index in [4.69, 9.17) is 7.85 Å². The highest BCUT2D eigenvalue weighted by atomic mass is 79.9. The standard InChI is InChI=1S/C10H9BBrFO3S/c1-17(15,16)5-3-2-4(12)6-7(5)10(14)9(13)8(6)11/h2-3,8-10,14H,1H3/t8-,9+,10-/m0/s1. The maximum absolute atomic E-state index is 13.7. The van der Waals surface area contributed by atoms with Gasteiger partial charge in [-0.25, -0.2) is 12.8 Å². The lowest BCUT2D eigenvalue weighted by molar-refractivity contribution is 0.0883. The van der Waals surface area contributed by atoms with Crippen LogP contribution in [0.3, 0.4) is 0 Å². The first-order valence-corrected chi connectivity index (χ1v) is 7.53. The molecule has 0 fully saturated rings. The minimum absolute atomic E-state index is 0.0706. The molecule has 0 spiro atoms. The summed E-state index contributed by atoms with van der Waals surface area (Å²) in [6.07, 6.45) is -2.17. The molecule has 0 saturated carbocycles. The van der Waals surface area contributed by atoms with Crippen LogP contribution >= 0.6 is 15.9 Å². The Morgan fingerprint density at radius 2 is 2.00 bits per heavy atom. The van der Waals surface area contributed by atoms with Gasteiger partial charge in [-0.1, -0.05) is 15.9 Å². The molecular formula is C10H9BBrFO3S. The first kappa shape index (κ1) is 13.0. The summed E-state index contributed by atoms with van der Waals surface area (Å²) in [4.78, 5) is -0.0706. The minimum atomic E-state index is -3.53. The summed E-state index contributed by atoms with van der Waals surface area (Å²) in [6.45, 7) is 0. The van der Waals surface area contributed by atoms with Crippen LogP contribution in [0.1, 0.15) is 23.0 Å². The summed E-state index contributed by atoms with van der Waals surface area (Å²) in [5, 5.41) is 9.75. The van der Waals surface area contributed by atoms with E-state index in [9.17, 15) is 17.9 Å². The zero-order valence-corrected chi connectivity index (χ0v) is 11.3. The second kappa shape index (κ2) is 4.07. The number of rotatable bonds is 1. The fourth-order valence-electron chi connectivity index (χ4n) is 2.07. The van der Waals surface area contributed by atoms with Crippen LogP contribution in [-0.2, 0) is 9.84 Å². The van der Waals surface area contributed by atoms with Crippen molar-refractivity contribution in [3.05, 3.63) is 27.7 Å². The topological polar surface area (TPSA) is 54.4 Å². The molecule has 3 nitrogen and oxygen atoms in total. The van der Waals surface area contributed by atoms with E-state index in [1.807, 2.05) is 0 Å². The number of alkyl halides is 1. The van der Waals surface area contributed by atoms with Gasteiger partial charge in [-0.2, -0.15) is 0 Å². The summed E-state index contributed by atoms with van der Waals surface area (Å²) in [7, 11) is 2.11. The summed E-state index contributed by atoms with van der Waals surface area (Å²) in [6, 6.07) is 2.84. The Bertz CT molecular complexity index is 575. The van der Waals surface area contributed by atoms with Crippen LogP contribution < -0.4 is 0 Å². The monoisotopic (exact) mass is 318 g/mol. The minimum Gasteiger partial charge on any atom is -0.385 e. The van der Waals surface area contributed by atoms with Crippen LogP contribution in [0, 0.1) is 0 Å². The van der Waals surface area contributed by atoms with Crippen LogP contribution in [0.5, 0.6) is 0 Å². The van der Waals surface area contributed by atoms with Crippen molar-refractivity contribution in [2.45, 2.75) is 23.0 Å². The molecule has 2 radical (unpaired) electrons.